The molecule has 1 aromatic rings. The second-order valence-corrected chi connectivity index (χ2v) is 11.2. The van der Waals surface area contributed by atoms with Crippen molar-refractivity contribution in [1.29, 1.82) is 0 Å². The Bertz CT molecular complexity index is 723. The molecule has 1 aromatic heterocycles. The predicted molar refractivity (Wildman–Crippen MR) is 116 cm³/mol. The molecule has 7 heteroatoms. The maximum absolute atomic E-state index is 7.50. The summed E-state index contributed by atoms with van der Waals surface area (Å²) in [6.07, 6.45) is 12.9. The molecule has 0 spiro atoms. The van der Waals surface area contributed by atoms with E-state index >= 15 is 0 Å². The molecule has 0 radical (unpaired) electrons. The molecular formula is C25H30MoNO4P. The summed E-state index contributed by atoms with van der Waals surface area (Å²) in [6.45, 7) is 25.4. The first-order valence-electron chi connectivity index (χ1n) is 10.3. The van der Waals surface area contributed by atoms with Gasteiger partial charge >= 0.3 is 45.2 Å². The normalized spacial score (nSPS) is 30.8. The second-order valence-electron chi connectivity index (χ2n) is 8.39. The molecule has 2 fully saturated rings. The molecule has 32 heavy (non-hydrogen) atoms. The van der Waals surface area contributed by atoms with Crippen LogP contribution in [-0.2, 0) is 39.7 Å². The van der Waals surface area contributed by atoms with Crippen LogP contribution in [0.1, 0.15) is 57.8 Å². The van der Waals surface area contributed by atoms with E-state index in [9.17, 15) is 0 Å². The molecule has 1 saturated heterocycles. The maximum atomic E-state index is 7.50. The van der Waals surface area contributed by atoms with Crippen molar-refractivity contribution in [3.05, 3.63) is 68.8 Å². The first-order chi connectivity index (χ1) is 15.1. The van der Waals surface area contributed by atoms with E-state index in [1.807, 2.05) is 6.20 Å². The predicted octanol–water partition coefficient (Wildman–Crippen LogP) is 5.87. The number of fused-ring (bicyclic) bond motifs is 2. The molecule has 1 saturated carbocycles. The SMILES string of the molecule is CC(C)[C@@H]1CC[C@@H](C)C[C@H]1P1C2C=CC(C2)C1c1ccccn1.[C-]#[O+].[C-]#[O+].[C-]#[O+].[C-]#[O+].[Mo]. The van der Waals surface area contributed by atoms with Crippen LogP contribution in [-0.4, -0.2) is 16.3 Å². The van der Waals surface area contributed by atoms with E-state index in [0.717, 1.165) is 40.6 Å². The molecule has 2 bridgehead atoms. The van der Waals surface area contributed by atoms with Gasteiger partial charge in [0.25, 0.3) is 0 Å². The van der Waals surface area contributed by atoms with Crippen molar-refractivity contribution < 1.29 is 39.7 Å². The van der Waals surface area contributed by atoms with Crippen LogP contribution in [0.3, 0.4) is 0 Å². The first kappa shape index (κ1) is 33.1. The number of rotatable bonds is 3. The van der Waals surface area contributed by atoms with E-state index in [0.29, 0.717) is 0 Å². The van der Waals surface area contributed by atoms with E-state index in [4.69, 9.17) is 23.6 Å². The summed E-state index contributed by atoms with van der Waals surface area (Å²) >= 11 is 0. The van der Waals surface area contributed by atoms with Gasteiger partial charge in [0.15, 0.2) is 0 Å². The quantitative estimate of drug-likeness (QED) is 0.156. The molecule has 2 aliphatic carbocycles. The molecule has 3 aliphatic rings. The molecular weight excluding hydrogens is 505 g/mol. The Morgan fingerprint density at radius 2 is 1.56 bits per heavy atom. The second kappa shape index (κ2) is 18.4. The minimum absolute atomic E-state index is 0. The van der Waals surface area contributed by atoms with Gasteiger partial charge in [-0.15, -0.1) is 0 Å². The number of hydrogen-bond donors (Lipinski definition) is 0. The number of hydrogen-bond acceptors (Lipinski definition) is 1. The van der Waals surface area contributed by atoms with Crippen LogP contribution in [0.2, 0.25) is 0 Å². The molecule has 4 rings (SSSR count). The van der Waals surface area contributed by atoms with Crippen LogP contribution in [0.15, 0.2) is 36.5 Å². The molecule has 5 nitrogen and oxygen atoms in total. The van der Waals surface area contributed by atoms with E-state index in [-0.39, 0.29) is 29.0 Å². The third kappa shape index (κ3) is 8.08. The molecule has 0 N–H and O–H groups in total. The average Bonchev–Trinajstić information content (AvgIpc) is 3.46. The molecule has 4 unspecified atom stereocenters. The van der Waals surface area contributed by atoms with Crippen LogP contribution in [0.25, 0.3) is 0 Å². The Kier molecular flexibility index (Phi) is 19.1. The van der Waals surface area contributed by atoms with Crippen LogP contribution in [0.5, 0.6) is 0 Å². The van der Waals surface area contributed by atoms with Crippen LogP contribution in [0, 0.1) is 50.3 Å². The molecule has 7 atom stereocenters. The fourth-order valence-corrected chi connectivity index (χ4v) is 10.2. The number of allylic oxidation sites excluding steroid dienone is 2. The summed E-state index contributed by atoms with van der Waals surface area (Å²) in [6, 6.07) is 6.55. The van der Waals surface area contributed by atoms with Crippen LogP contribution >= 0.6 is 7.92 Å². The van der Waals surface area contributed by atoms with Gasteiger partial charge in [0, 0.05) is 38.6 Å². The van der Waals surface area contributed by atoms with Crippen LogP contribution in [0.4, 0.5) is 0 Å². The molecule has 0 amide bonds. The summed E-state index contributed by atoms with van der Waals surface area (Å²) in [5, 5.41) is 0. The average molecular weight is 535 g/mol. The van der Waals surface area contributed by atoms with Gasteiger partial charge in [-0.3, -0.25) is 4.98 Å². The number of nitrogens with zero attached hydrogens (tertiary/aromatic N) is 1. The van der Waals surface area contributed by atoms with Gasteiger partial charge in [-0.05, 0) is 66.4 Å². The topological polar surface area (TPSA) is 92.5 Å². The van der Waals surface area contributed by atoms with Gasteiger partial charge in [0.1, 0.15) is 0 Å². The van der Waals surface area contributed by atoms with E-state index in [1.165, 1.54) is 31.4 Å². The Labute approximate surface area is 208 Å². The Balaban J connectivity index is 0. The van der Waals surface area contributed by atoms with E-state index in [1.54, 1.807) is 0 Å². The standard InChI is InChI=1S/C21H30NP.4CO.Mo/c1-14(2)18-10-7-15(3)12-20(18)23-17-9-8-16(13-17)21(23)19-6-4-5-11-22-19;4*1-2;/h4-6,8-9,11,14-18,20-21H,7,10,12-13H2,1-3H3;;;;;/t15-,16?,17?,18+,20-,21?,23?;;;;;/m1...../s1. The van der Waals surface area contributed by atoms with E-state index < -0.39 is 0 Å². The van der Waals surface area contributed by atoms with Gasteiger partial charge in [0.05, 0.1) is 0 Å². The summed E-state index contributed by atoms with van der Waals surface area (Å²) < 4.78 is 30.0. The van der Waals surface area contributed by atoms with Crippen molar-refractivity contribution in [1.82, 2.24) is 4.98 Å². The van der Waals surface area contributed by atoms with Crippen molar-refractivity contribution in [3.8, 4) is 0 Å². The fourth-order valence-electron chi connectivity index (χ4n) is 5.46. The largest absolute Gasteiger partial charge is 0 e. The Morgan fingerprint density at radius 3 is 2.09 bits per heavy atom. The molecule has 1 aliphatic heterocycles. The zero-order valence-electron chi connectivity index (χ0n) is 18.8. The first-order valence-corrected chi connectivity index (χ1v) is 11.9. The fraction of sp³-hybridized carbons (Fsp3) is 0.560. The third-order valence-electron chi connectivity index (χ3n) is 6.56. The minimum Gasteiger partial charge on any atom is 0 e. The van der Waals surface area contributed by atoms with Gasteiger partial charge < -0.3 is 0 Å². The van der Waals surface area contributed by atoms with Crippen molar-refractivity contribution in [2.45, 2.75) is 63.4 Å². The van der Waals surface area contributed by atoms with Gasteiger partial charge in [-0.2, -0.15) is 0 Å². The number of pyridine rings is 1. The van der Waals surface area contributed by atoms with Crippen molar-refractivity contribution in [2.24, 2.45) is 23.7 Å². The minimum atomic E-state index is 0. The summed E-state index contributed by atoms with van der Waals surface area (Å²) in [7, 11) is 0.0356. The summed E-state index contributed by atoms with van der Waals surface area (Å²) in [5.74, 6) is 3.47. The molecule has 2 heterocycles. The van der Waals surface area contributed by atoms with Crippen molar-refractivity contribution >= 4 is 7.92 Å². The van der Waals surface area contributed by atoms with Gasteiger partial charge in [0.2, 0.25) is 0 Å². The zero-order valence-corrected chi connectivity index (χ0v) is 21.7. The smallest absolute Gasteiger partial charge is 0 e. The van der Waals surface area contributed by atoms with Gasteiger partial charge in [-0.25, -0.2) is 0 Å². The van der Waals surface area contributed by atoms with Crippen molar-refractivity contribution in [2.75, 3.05) is 0 Å². The van der Waals surface area contributed by atoms with E-state index in [2.05, 4.69) is 77.7 Å². The Hall–Kier alpha value is -1.03. The monoisotopic (exact) mass is 537 g/mol. The number of aromatic nitrogens is 1. The molecule has 170 valence electrons. The molecule has 0 aromatic carbocycles. The zero-order chi connectivity index (χ0) is 24.0. The van der Waals surface area contributed by atoms with Crippen LogP contribution < -0.4 is 0 Å². The summed E-state index contributed by atoms with van der Waals surface area (Å²) in [5.41, 5.74) is 3.95. The van der Waals surface area contributed by atoms with Crippen molar-refractivity contribution in [3.63, 3.8) is 0 Å². The summed E-state index contributed by atoms with van der Waals surface area (Å²) in [4.78, 5) is 4.80. The third-order valence-corrected chi connectivity index (χ3v) is 10.4. The van der Waals surface area contributed by atoms with Gasteiger partial charge in [-0.1, -0.05) is 53.3 Å². The maximum Gasteiger partial charge on any atom is 0 e. The Morgan fingerprint density at radius 1 is 0.938 bits per heavy atom.